The largest absolute Gasteiger partial charge is 0.507 e. The van der Waals surface area contributed by atoms with Crippen molar-refractivity contribution in [2.24, 2.45) is 5.73 Å². The van der Waals surface area contributed by atoms with Crippen molar-refractivity contribution in [2.75, 3.05) is 7.11 Å². The van der Waals surface area contributed by atoms with E-state index in [1.54, 1.807) is 12.1 Å². The van der Waals surface area contributed by atoms with Gasteiger partial charge in [-0.2, -0.15) is 4.98 Å². The standard InChI is InChI=1S/C10H11N3O3/c1-15-6-2-3-7(8(14)4-6)10-12-9(5-11)16-13-10/h2-4,14H,5,11H2,1H3. The molecule has 0 saturated carbocycles. The molecular weight excluding hydrogens is 210 g/mol. The number of nitrogens with two attached hydrogens (primary N) is 1. The van der Waals surface area contributed by atoms with Crippen LogP contribution in [0.25, 0.3) is 11.4 Å². The second-order valence-corrected chi connectivity index (χ2v) is 3.10. The van der Waals surface area contributed by atoms with Gasteiger partial charge in [0.2, 0.25) is 11.7 Å². The predicted octanol–water partition coefficient (Wildman–Crippen LogP) is 0.909. The first-order chi connectivity index (χ1) is 7.74. The molecule has 1 aromatic carbocycles. The number of ether oxygens (including phenoxy) is 1. The summed E-state index contributed by atoms with van der Waals surface area (Å²) in [6, 6.07) is 4.83. The van der Waals surface area contributed by atoms with E-state index in [0.717, 1.165) is 0 Å². The van der Waals surface area contributed by atoms with Crippen LogP contribution in [-0.2, 0) is 6.54 Å². The Hall–Kier alpha value is -2.08. The molecule has 0 bridgehead atoms. The van der Waals surface area contributed by atoms with Gasteiger partial charge in [0, 0.05) is 6.07 Å². The summed E-state index contributed by atoms with van der Waals surface area (Å²) < 4.78 is 9.82. The van der Waals surface area contributed by atoms with Crippen LogP contribution >= 0.6 is 0 Å². The van der Waals surface area contributed by atoms with E-state index in [-0.39, 0.29) is 12.3 Å². The lowest BCUT2D eigenvalue weighted by atomic mass is 10.2. The maximum atomic E-state index is 9.72. The third kappa shape index (κ3) is 1.82. The van der Waals surface area contributed by atoms with Crippen molar-refractivity contribution in [1.29, 1.82) is 0 Å². The van der Waals surface area contributed by atoms with Gasteiger partial charge in [-0.3, -0.25) is 0 Å². The van der Waals surface area contributed by atoms with Crippen molar-refractivity contribution in [3.63, 3.8) is 0 Å². The molecule has 0 saturated heterocycles. The number of rotatable bonds is 3. The summed E-state index contributed by atoms with van der Waals surface area (Å²) in [7, 11) is 1.52. The number of methoxy groups -OCH3 is 1. The van der Waals surface area contributed by atoms with Gasteiger partial charge in [-0.05, 0) is 12.1 Å². The fourth-order valence-corrected chi connectivity index (χ4v) is 1.27. The molecule has 0 aliphatic heterocycles. The highest BCUT2D eigenvalue weighted by atomic mass is 16.5. The average molecular weight is 221 g/mol. The predicted molar refractivity (Wildman–Crippen MR) is 55.8 cm³/mol. The summed E-state index contributed by atoms with van der Waals surface area (Å²) >= 11 is 0. The number of phenolic OH excluding ortho intramolecular Hbond substituents is 1. The molecule has 16 heavy (non-hydrogen) atoms. The highest BCUT2D eigenvalue weighted by Crippen LogP contribution is 2.30. The highest BCUT2D eigenvalue weighted by molar-refractivity contribution is 5.64. The Morgan fingerprint density at radius 3 is 2.88 bits per heavy atom. The Balaban J connectivity index is 2.40. The van der Waals surface area contributed by atoms with E-state index in [2.05, 4.69) is 10.1 Å². The van der Waals surface area contributed by atoms with E-state index in [9.17, 15) is 5.11 Å². The molecule has 2 aromatic rings. The topological polar surface area (TPSA) is 94.4 Å². The SMILES string of the molecule is COc1ccc(-c2noc(CN)n2)c(O)c1. The third-order valence-electron chi connectivity index (χ3n) is 2.09. The molecule has 6 nitrogen and oxygen atoms in total. The molecule has 0 unspecified atom stereocenters. The van der Waals surface area contributed by atoms with Crippen LogP contribution in [0.2, 0.25) is 0 Å². The molecule has 0 aliphatic rings. The average Bonchev–Trinajstić information content (AvgIpc) is 2.77. The molecule has 2 rings (SSSR count). The van der Waals surface area contributed by atoms with Crippen LogP contribution in [-0.4, -0.2) is 22.4 Å². The van der Waals surface area contributed by atoms with E-state index < -0.39 is 0 Å². The first kappa shape index (κ1) is 10.4. The molecule has 84 valence electrons. The van der Waals surface area contributed by atoms with Gasteiger partial charge in [0.15, 0.2) is 0 Å². The van der Waals surface area contributed by atoms with Crippen LogP contribution in [0.4, 0.5) is 0 Å². The monoisotopic (exact) mass is 221 g/mol. The highest BCUT2D eigenvalue weighted by Gasteiger charge is 2.12. The Morgan fingerprint density at radius 2 is 2.31 bits per heavy atom. The van der Waals surface area contributed by atoms with Crippen molar-refractivity contribution in [1.82, 2.24) is 10.1 Å². The Bertz CT molecular complexity index is 496. The Morgan fingerprint density at radius 1 is 1.50 bits per heavy atom. The number of aromatic hydroxyl groups is 1. The smallest absolute Gasteiger partial charge is 0.240 e. The maximum Gasteiger partial charge on any atom is 0.240 e. The number of phenols is 1. The lowest BCUT2D eigenvalue weighted by Crippen LogP contribution is -1.95. The zero-order chi connectivity index (χ0) is 11.5. The molecule has 1 heterocycles. The Kier molecular flexibility index (Phi) is 2.74. The van der Waals surface area contributed by atoms with Gasteiger partial charge >= 0.3 is 0 Å². The first-order valence-corrected chi connectivity index (χ1v) is 4.64. The molecule has 0 radical (unpaired) electrons. The quantitative estimate of drug-likeness (QED) is 0.799. The summed E-state index contributed by atoms with van der Waals surface area (Å²) in [5, 5.41) is 13.4. The van der Waals surface area contributed by atoms with Crippen molar-refractivity contribution in [3.8, 4) is 22.9 Å². The number of aromatic nitrogens is 2. The van der Waals surface area contributed by atoms with Crippen LogP contribution in [0, 0.1) is 0 Å². The molecule has 3 N–H and O–H groups in total. The fourth-order valence-electron chi connectivity index (χ4n) is 1.27. The number of hydrogen-bond donors (Lipinski definition) is 2. The van der Waals surface area contributed by atoms with E-state index in [4.69, 9.17) is 15.0 Å². The summed E-state index contributed by atoms with van der Waals surface area (Å²) in [4.78, 5) is 4.01. The summed E-state index contributed by atoms with van der Waals surface area (Å²) in [6.07, 6.45) is 0. The molecule has 0 aliphatic carbocycles. The fraction of sp³-hybridized carbons (Fsp3) is 0.200. The van der Waals surface area contributed by atoms with Crippen molar-refractivity contribution in [2.45, 2.75) is 6.54 Å². The number of nitrogens with zero attached hydrogens (tertiary/aromatic N) is 2. The van der Waals surface area contributed by atoms with E-state index in [1.807, 2.05) is 0 Å². The zero-order valence-electron chi connectivity index (χ0n) is 8.67. The van der Waals surface area contributed by atoms with Gasteiger partial charge in [0.05, 0.1) is 19.2 Å². The lowest BCUT2D eigenvalue weighted by molar-refractivity contribution is 0.380. The van der Waals surface area contributed by atoms with Gasteiger partial charge in [-0.25, -0.2) is 0 Å². The van der Waals surface area contributed by atoms with Crippen LogP contribution in [0.5, 0.6) is 11.5 Å². The first-order valence-electron chi connectivity index (χ1n) is 4.64. The normalized spacial score (nSPS) is 10.4. The molecule has 0 fully saturated rings. The molecule has 0 spiro atoms. The van der Waals surface area contributed by atoms with Gasteiger partial charge in [0.1, 0.15) is 11.5 Å². The molecule has 6 heteroatoms. The second-order valence-electron chi connectivity index (χ2n) is 3.10. The third-order valence-corrected chi connectivity index (χ3v) is 2.09. The summed E-state index contributed by atoms with van der Waals surface area (Å²) in [5.74, 6) is 1.22. The van der Waals surface area contributed by atoms with Crippen LogP contribution in [0.1, 0.15) is 5.89 Å². The molecule has 0 atom stereocenters. The molecule has 1 aromatic heterocycles. The minimum atomic E-state index is 0.0312. The molecular formula is C10H11N3O3. The van der Waals surface area contributed by atoms with Crippen molar-refractivity contribution in [3.05, 3.63) is 24.1 Å². The Labute approximate surface area is 91.7 Å². The van der Waals surface area contributed by atoms with E-state index >= 15 is 0 Å². The van der Waals surface area contributed by atoms with Gasteiger partial charge in [0.25, 0.3) is 0 Å². The minimum Gasteiger partial charge on any atom is -0.507 e. The summed E-state index contributed by atoms with van der Waals surface area (Å²) in [5.41, 5.74) is 5.82. The molecule has 0 amide bonds. The van der Waals surface area contributed by atoms with E-state index in [1.165, 1.54) is 13.2 Å². The lowest BCUT2D eigenvalue weighted by Gasteiger charge is -2.02. The minimum absolute atomic E-state index is 0.0312. The van der Waals surface area contributed by atoms with Crippen LogP contribution in [0.3, 0.4) is 0 Å². The van der Waals surface area contributed by atoms with Crippen molar-refractivity contribution >= 4 is 0 Å². The van der Waals surface area contributed by atoms with Gasteiger partial charge in [-0.15, -0.1) is 0 Å². The number of benzene rings is 1. The van der Waals surface area contributed by atoms with Crippen LogP contribution in [0.15, 0.2) is 22.7 Å². The number of hydrogen-bond acceptors (Lipinski definition) is 6. The summed E-state index contributed by atoms with van der Waals surface area (Å²) in [6.45, 7) is 0.171. The van der Waals surface area contributed by atoms with E-state index in [0.29, 0.717) is 23.0 Å². The van der Waals surface area contributed by atoms with Gasteiger partial charge in [-0.1, -0.05) is 5.16 Å². The van der Waals surface area contributed by atoms with Crippen LogP contribution < -0.4 is 10.5 Å². The second kappa shape index (κ2) is 4.19. The maximum absolute atomic E-state index is 9.72. The van der Waals surface area contributed by atoms with Crippen molar-refractivity contribution < 1.29 is 14.4 Å². The zero-order valence-corrected chi connectivity index (χ0v) is 8.67. The van der Waals surface area contributed by atoms with Gasteiger partial charge < -0.3 is 20.1 Å².